The molecule has 1 aliphatic heterocycles. The van der Waals surface area contributed by atoms with Gasteiger partial charge >= 0.3 is 12.0 Å². The van der Waals surface area contributed by atoms with Crippen LogP contribution in [-0.4, -0.2) is 127 Å². The van der Waals surface area contributed by atoms with Crippen molar-refractivity contribution >= 4 is 29.7 Å². The van der Waals surface area contributed by atoms with Crippen molar-refractivity contribution in [1.82, 2.24) is 25.8 Å². The second-order valence-corrected chi connectivity index (χ2v) is 19.1. The van der Waals surface area contributed by atoms with Gasteiger partial charge in [0, 0.05) is 39.6 Å². The summed E-state index contributed by atoms with van der Waals surface area (Å²) in [6, 6.07) is 6.21. The summed E-state index contributed by atoms with van der Waals surface area (Å²) in [5.41, 5.74) is -0.965. The number of likely N-dealkylation sites (N-methyl/N-ethyl adjacent to an activating group) is 1. The van der Waals surface area contributed by atoms with Gasteiger partial charge in [0.25, 0.3) is 0 Å². The number of benzene rings is 1. The summed E-state index contributed by atoms with van der Waals surface area (Å²) < 4.78 is 18.1. The van der Waals surface area contributed by atoms with Crippen LogP contribution >= 0.6 is 0 Å². The summed E-state index contributed by atoms with van der Waals surface area (Å²) in [6.07, 6.45) is 3.14. The van der Waals surface area contributed by atoms with Crippen LogP contribution in [0.5, 0.6) is 0 Å². The lowest BCUT2D eigenvalue weighted by atomic mass is 9.77. The number of hydrogen-bond acceptors (Lipinski definition) is 9. The maximum Gasteiger partial charge on any atom is 0.329 e. The standard InChI is InChI=1S/C46H77N5O9/c1-14-30(4)38(50(11)41(55)37(29(2)3)48-43(57)49-46(28-52)23-19-24-46)35(58-12)27-36(53)51-25-18-22-34(51)39(59-13)31(5)40(54)47-33(26-32-20-16-15-17-21-32)42(56)60-45(9,10)44(6,7)8/h15-17,20-21,29-31,33-35,37-39,52H,14,18-19,22-28H2,1-13H3,(H,47,54)(H2,48,49,57)/t30-,31+,33-,34-,35+,37-,38-,39+/m0/s1. The summed E-state index contributed by atoms with van der Waals surface area (Å²) in [5.74, 6) is -2.46. The van der Waals surface area contributed by atoms with Crippen molar-refractivity contribution in [2.45, 2.75) is 168 Å². The Morgan fingerprint density at radius 3 is 2.08 bits per heavy atom. The molecule has 0 bridgehead atoms. The molecule has 3 rings (SSSR count). The van der Waals surface area contributed by atoms with Gasteiger partial charge in [-0.1, -0.05) is 92.1 Å². The summed E-state index contributed by atoms with van der Waals surface area (Å²) in [4.78, 5) is 72.9. The maximum atomic E-state index is 14.4. The summed E-state index contributed by atoms with van der Waals surface area (Å²) in [5, 5.41) is 18.6. The molecule has 0 unspecified atom stereocenters. The van der Waals surface area contributed by atoms with E-state index < -0.39 is 65.4 Å². The predicted molar refractivity (Wildman–Crippen MR) is 232 cm³/mol. The van der Waals surface area contributed by atoms with Crippen LogP contribution in [0, 0.1) is 23.2 Å². The third-order valence-corrected chi connectivity index (χ3v) is 13.5. The quantitative estimate of drug-likeness (QED) is 0.121. The molecule has 1 saturated carbocycles. The Morgan fingerprint density at radius 2 is 1.58 bits per heavy atom. The molecular weight excluding hydrogens is 767 g/mol. The fraction of sp³-hybridized carbons (Fsp3) is 0.761. The number of esters is 1. The van der Waals surface area contributed by atoms with Gasteiger partial charge in [-0.15, -0.1) is 0 Å². The van der Waals surface area contributed by atoms with Crippen LogP contribution in [0.3, 0.4) is 0 Å². The molecule has 1 saturated heterocycles. The first-order valence-corrected chi connectivity index (χ1v) is 21.9. The first-order valence-electron chi connectivity index (χ1n) is 21.9. The van der Waals surface area contributed by atoms with E-state index >= 15 is 0 Å². The Morgan fingerprint density at radius 1 is 0.950 bits per heavy atom. The fourth-order valence-corrected chi connectivity index (χ4v) is 8.21. The minimum absolute atomic E-state index is 0.0233. The molecule has 0 spiro atoms. The van der Waals surface area contributed by atoms with Crippen molar-refractivity contribution in [3.8, 4) is 0 Å². The van der Waals surface area contributed by atoms with E-state index in [4.69, 9.17) is 14.2 Å². The van der Waals surface area contributed by atoms with E-state index in [1.807, 2.05) is 92.6 Å². The van der Waals surface area contributed by atoms with Crippen molar-refractivity contribution < 1.29 is 43.3 Å². The van der Waals surface area contributed by atoms with Gasteiger partial charge in [0.15, 0.2) is 0 Å². The van der Waals surface area contributed by atoms with E-state index in [2.05, 4.69) is 16.0 Å². The van der Waals surface area contributed by atoms with E-state index in [1.165, 1.54) is 14.2 Å². The molecule has 60 heavy (non-hydrogen) atoms. The molecule has 0 radical (unpaired) electrons. The van der Waals surface area contributed by atoms with Crippen LogP contribution in [0.4, 0.5) is 4.79 Å². The van der Waals surface area contributed by atoms with E-state index in [0.29, 0.717) is 38.6 Å². The SMILES string of the molecule is CC[C@H](C)[C@@H]([C@@H](CC(=O)N1CCC[C@H]1[C@H](OC)[C@@H](C)C(=O)N[C@@H](Cc1ccccc1)C(=O)OC(C)(C)C(C)(C)C)OC)N(C)C(=O)[C@@H](NC(=O)NC1(CO)CCC1)C(C)C. The number of aliphatic hydroxyl groups excluding tert-OH is 1. The van der Waals surface area contributed by atoms with Crippen molar-refractivity contribution in [1.29, 1.82) is 0 Å². The fourth-order valence-electron chi connectivity index (χ4n) is 8.21. The molecule has 0 aromatic heterocycles. The highest BCUT2D eigenvalue weighted by Gasteiger charge is 2.45. The molecule has 1 aromatic carbocycles. The molecule has 2 fully saturated rings. The minimum atomic E-state index is -0.956. The van der Waals surface area contributed by atoms with Gasteiger partial charge in [0.2, 0.25) is 17.7 Å². The number of urea groups is 1. The smallest absolute Gasteiger partial charge is 0.329 e. The molecule has 1 aliphatic carbocycles. The molecule has 2 aliphatic rings. The third kappa shape index (κ3) is 12.7. The molecule has 340 valence electrons. The van der Waals surface area contributed by atoms with E-state index in [1.54, 1.807) is 23.8 Å². The van der Waals surface area contributed by atoms with Gasteiger partial charge < -0.3 is 45.1 Å². The number of rotatable bonds is 21. The summed E-state index contributed by atoms with van der Waals surface area (Å²) >= 11 is 0. The Hall–Kier alpha value is -3.75. The molecular formula is C46H77N5O9. The number of amides is 5. The Kier molecular flexibility index (Phi) is 18.4. The van der Waals surface area contributed by atoms with Crippen LogP contribution in [0.1, 0.15) is 120 Å². The Bertz CT molecular complexity index is 1570. The lowest BCUT2D eigenvalue weighted by Crippen LogP contribution is -2.63. The van der Waals surface area contributed by atoms with Crippen LogP contribution < -0.4 is 16.0 Å². The van der Waals surface area contributed by atoms with Gasteiger partial charge in [0.1, 0.15) is 17.7 Å². The second-order valence-electron chi connectivity index (χ2n) is 19.1. The third-order valence-electron chi connectivity index (χ3n) is 13.5. The lowest BCUT2D eigenvalue weighted by Gasteiger charge is -2.42. The maximum absolute atomic E-state index is 14.4. The van der Waals surface area contributed by atoms with Gasteiger partial charge in [-0.05, 0) is 63.4 Å². The van der Waals surface area contributed by atoms with E-state index in [-0.39, 0.29) is 54.4 Å². The molecule has 1 heterocycles. The lowest BCUT2D eigenvalue weighted by molar-refractivity contribution is -0.171. The Balaban J connectivity index is 1.79. The van der Waals surface area contributed by atoms with Gasteiger partial charge in [-0.3, -0.25) is 14.4 Å². The number of nitrogens with zero attached hydrogens (tertiary/aromatic N) is 2. The van der Waals surface area contributed by atoms with E-state index in [0.717, 1.165) is 12.0 Å². The highest BCUT2D eigenvalue weighted by Crippen LogP contribution is 2.34. The first kappa shape index (κ1) is 50.6. The molecule has 8 atom stereocenters. The van der Waals surface area contributed by atoms with E-state index in [9.17, 15) is 29.1 Å². The van der Waals surface area contributed by atoms with Crippen LogP contribution in [0.25, 0.3) is 0 Å². The van der Waals surface area contributed by atoms with Crippen molar-refractivity contribution in [2.24, 2.45) is 23.2 Å². The molecule has 14 nitrogen and oxygen atoms in total. The number of nitrogens with one attached hydrogen (secondary N) is 3. The Labute approximate surface area is 359 Å². The highest BCUT2D eigenvalue weighted by atomic mass is 16.6. The zero-order valence-electron chi connectivity index (χ0n) is 38.8. The number of likely N-dealkylation sites (tertiary alicyclic amines) is 1. The number of hydrogen-bond donors (Lipinski definition) is 4. The summed E-state index contributed by atoms with van der Waals surface area (Å²) in [7, 11) is 4.76. The first-order chi connectivity index (χ1) is 28.1. The van der Waals surface area contributed by atoms with Crippen LogP contribution in [0.2, 0.25) is 0 Å². The minimum Gasteiger partial charge on any atom is -0.458 e. The van der Waals surface area contributed by atoms with Gasteiger partial charge in [0.05, 0.1) is 48.8 Å². The van der Waals surface area contributed by atoms with Gasteiger partial charge in [-0.25, -0.2) is 9.59 Å². The average Bonchev–Trinajstić information content (AvgIpc) is 3.67. The monoisotopic (exact) mass is 844 g/mol. The zero-order chi connectivity index (χ0) is 45.2. The normalized spacial score (nSPS) is 20.1. The number of methoxy groups -OCH3 is 2. The number of ether oxygens (including phenoxy) is 3. The van der Waals surface area contributed by atoms with Crippen molar-refractivity contribution in [2.75, 3.05) is 34.4 Å². The van der Waals surface area contributed by atoms with Crippen molar-refractivity contribution in [3.05, 3.63) is 35.9 Å². The molecule has 4 N–H and O–H groups in total. The number of aliphatic hydroxyl groups is 1. The van der Waals surface area contributed by atoms with Crippen molar-refractivity contribution in [3.63, 3.8) is 0 Å². The number of carbonyl (C=O) groups excluding carboxylic acids is 5. The molecule has 1 aromatic rings. The van der Waals surface area contributed by atoms with Crippen LogP contribution in [-0.2, 0) is 39.8 Å². The highest BCUT2D eigenvalue weighted by molar-refractivity contribution is 5.88. The largest absolute Gasteiger partial charge is 0.458 e. The summed E-state index contributed by atoms with van der Waals surface area (Å²) in [6.45, 7) is 19.5. The second kappa shape index (κ2) is 21.9. The molecule has 14 heteroatoms. The zero-order valence-corrected chi connectivity index (χ0v) is 38.8. The topological polar surface area (TPSA) is 176 Å². The predicted octanol–water partition coefficient (Wildman–Crippen LogP) is 5.24. The average molecular weight is 844 g/mol. The van der Waals surface area contributed by atoms with Gasteiger partial charge in [-0.2, -0.15) is 0 Å². The van der Waals surface area contributed by atoms with Crippen LogP contribution in [0.15, 0.2) is 30.3 Å². The molecule has 5 amide bonds. The number of carbonyl (C=O) groups is 5.